The summed E-state index contributed by atoms with van der Waals surface area (Å²) in [5.41, 5.74) is 1.35. The first kappa shape index (κ1) is 28.0. The van der Waals surface area contributed by atoms with E-state index in [1.807, 2.05) is 19.9 Å². The van der Waals surface area contributed by atoms with Crippen LogP contribution in [0.2, 0.25) is 0 Å². The van der Waals surface area contributed by atoms with Gasteiger partial charge in [-0.2, -0.15) is 0 Å². The summed E-state index contributed by atoms with van der Waals surface area (Å²) >= 11 is 0.988. The number of nitrogens with zero attached hydrogens (tertiary/aromatic N) is 2. The largest absolute Gasteiger partial charge is 0.507 e. The topological polar surface area (TPSA) is 106 Å². The average Bonchev–Trinajstić information content (AvgIpc) is 3.44. The highest BCUT2D eigenvalue weighted by Gasteiger charge is 2.48. The number of aromatic nitrogens is 1. The van der Waals surface area contributed by atoms with Crippen LogP contribution in [0.1, 0.15) is 66.1 Å². The maximum Gasteiger partial charge on any atom is 0.350 e. The molecule has 1 aliphatic rings. The Labute approximate surface area is 231 Å². The number of esters is 1. The number of benzene rings is 2. The molecule has 4 rings (SSSR count). The van der Waals surface area contributed by atoms with Gasteiger partial charge in [0.15, 0.2) is 5.13 Å². The minimum atomic E-state index is -0.934. The van der Waals surface area contributed by atoms with Gasteiger partial charge in [0, 0.05) is 5.56 Å². The van der Waals surface area contributed by atoms with Crippen LogP contribution in [0.5, 0.6) is 5.75 Å². The van der Waals surface area contributed by atoms with Crippen LogP contribution in [0, 0.1) is 12.8 Å². The molecule has 2 aromatic carbocycles. The minimum Gasteiger partial charge on any atom is -0.507 e. The molecule has 1 N–H and O–H groups in total. The molecular weight excluding hydrogens is 516 g/mol. The number of carbonyl (C=O) groups is 3. The van der Waals surface area contributed by atoms with Crippen molar-refractivity contribution in [1.82, 2.24) is 4.98 Å². The molecule has 2 heterocycles. The Kier molecular flexibility index (Phi) is 8.81. The molecule has 1 unspecified atom stereocenters. The molecule has 1 amide bonds. The number of anilines is 1. The Balaban J connectivity index is 1.75. The van der Waals surface area contributed by atoms with E-state index >= 15 is 0 Å². The summed E-state index contributed by atoms with van der Waals surface area (Å²) in [7, 11) is 0. The van der Waals surface area contributed by atoms with E-state index in [4.69, 9.17) is 9.47 Å². The highest BCUT2D eigenvalue weighted by atomic mass is 32.1. The third-order valence-corrected chi connectivity index (χ3v) is 7.32. The number of ketones is 1. The van der Waals surface area contributed by atoms with Gasteiger partial charge < -0.3 is 14.6 Å². The number of hydrogen-bond donors (Lipinski definition) is 1. The lowest BCUT2D eigenvalue weighted by atomic mass is 9.95. The Bertz CT molecular complexity index is 1380. The second-order valence-electron chi connectivity index (χ2n) is 9.71. The number of carbonyl (C=O) groups excluding carboxylic acids is 3. The zero-order chi connectivity index (χ0) is 28.1. The average molecular weight is 549 g/mol. The summed E-state index contributed by atoms with van der Waals surface area (Å²) in [5, 5.41) is 11.5. The van der Waals surface area contributed by atoms with Crippen molar-refractivity contribution in [2.75, 3.05) is 18.1 Å². The smallest absolute Gasteiger partial charge is 0.350 e. The van der Waals surface area contributed by atoms with Crippen LogP contribution in [-0.2, 0) is 14.3 Å². The molecule has 0 bridgehead atoms. The van der Waals surface area contributed by atoms with Gasteiger partial charge in [-0.1, -0.05) is 68.9 Å². The van der Waals surface area contributed by atoms with E-state index in [1.54, 1.807) is 55.5 Å². The first-order chi connectivity index (χ1) is 18.7. The lowest BCUT2D eigenvalue weighted by molar-refractivity contribution is -0.132. The van der Waals surface area contributed by atoms with E-state index < -0.39 is 23.7 Å². The Morgan fingerprint density at radius 2 is 1.79 bits per heavy atom. The van der Waals surface area contributed by atoms with Crippen molar-refractivity contribution in [2.24, 2.45) is 5.92 Å². The van der Waals surface area contributed by atoms with Crippen molar-refractivity contribution in [2.45, 2.75) is 46.6 Å². The first-order valence-electron chi connectivity index (χ1n) is 13.0. The molecule has 204 valence electrons. The molecule has 0 saturated carbocycles. The third kappa shape index (κ3) is 6.04. The number of aliphatic hydroxyl groups excluding tert-OH is 1. The lowest BCUT2D eigenvalue weighted by Gasteiger charge is -2.23. The second kappa shape index (κ2) is 12.3. The van der Waals surface area contributed by atoms with Crippen molar-refractivity contribution in [3.8, 4) is 5.75 Å². The maximum atomic E-state index is 13.4. The molecular formula is C30H32N2O6S. The highest BCUT2D eigenvalue weighted by molar-refractivity contribution is 7.17. The number of rotatable bonds is 10. The zero-order valence-corrected chi connectivity index (χ0v) is 23.3. The van der Waals surface area contributed by atoms with Crippen molar-refractivity contribution >= 4 is 39.9 Å². The maximum absolute atomic E-state index is 13.4. The number of thiazole rings is 1. The van der Waals surface area contributed by atoms with Gasteiger partial charge in [0.25, 0.3) is 5.78 Å². The van der Waals surface area contributed by atoms with E-state index in [-0.39, 0.29) is 33.9 Å². The van der Waals surface area contributed by atoms with Crippen LogP contribution in [-0.4, -0.2) is 41.0 Å². The molecule has 1 saturated heterocycles. The van der Waals surface area contributed by atoms with Gasteiger partial charge in [0.2, 0.25) is 0 Å². The molecule has 3 aromatic rings. The van der Waals surface area contributed by atoms with Crippen LogP contribution in [0.25, 0.3) is 5.76 Å². The molecule has 1 aromatic heterocycles. The number of ether oxygens (including phenoxy) is 2. The second-order valence-corrected chi connectivity index (χ2v) is 10.7. The summed E-state index contributed by atoms with van der Waals surface area (Å²) in [6, 6.07) is 14.8. The van der Waals surface area contributed by atoms with Gasteiger partial charge in [-0.15, -0.1) is 0 Å². The quantitative estimate of drug-likeness (QED) is 0.108. The van der Waals surface area contributed by atoms with E-state index in [0.717, 1.165) is 24.2 Å². The van der Waals surface area contributed by atoms with Gasteiger partial charge in [0.05, 0.1) is 30.5 Å². The normalized spacial score (nSPS) is 16.6. The zero-order valence-electron chi connectivity index (χ0n) is 22.5. The van der Waals surface area contributed by atoms with E-state index in [9.17, 15) is 19.5 Å². The highest BCUT2D eigenvalue weighted by Crippen LogP contribution is 2.44. The van der Waals surface area contributed by atoms with Crippen molar-refractivity contribution in [3.05, 3.63) is 81.9 Å². The Morgan fingerprint density at radius 3 is 2.44 bits per heavy atom. The Morgan fingerprint density at radius 1 is 1.10 bits per heavy atom. The standard InChI is InChI=1S/C30H32N2O6S/c1-5-6-16-37-22-14-12-21(13-15-22)25(33)23-24(20-10-8-7-9-11-20)32(28(35)26(23)34)30-31-19(4)27(39-30)29(36)38-17-18(2)3/h7-15,18,24,33H,5-6,16-17H2,1-4H3/b25-23+. The molecule has 0 spiro atoms. The molecule has 8 nitrogen and oxygen atoms in total. The molecule has 39 heavy (non-hydrogen) atoms. The predicted molar refractivity (Wildman–Crippen MR) is 150 cm³/mol. The summed E-state index contributed by atoms with van der Waals surface area (Å²) in [5.74, 6) is -1.68. The fourth-order valence-electron chi connectivity index (χ4n) is 4.16. The van der Waals surface area contributed by atoms with E-state index in [2.05, 4.69) is 11.9 Å². The fraction of sp³-hybridized carbons (Fsp3) is 0.333. The SMILES string of the molecule is CCCCOc1ccc(/C(O)=C2\C(=O)C(=O)N(c3nc(C)c(C(=O)OCC(C)C)s3)C2c2ccccc2)cc1. The van der Waals surface area contributed by atoms with E-state index in [0.29, 0.717) is 29.2 Å². The summed E-state index contributed by atoms with van der Waals surface area (Å²) < 4.78 is 11.1. The van der Waals surface area contributed by atoms with Gasteiger partial charge in [-0.05, 0) is 49.1 Å². The minimum absolute atomic E-state index is 0.0531. The van der Waals surface area contributed by atoms with Gasteiger partial charge in [-0.3, -0.25) is 14.5 Å². The van der Waals surface area contributed by atoms with Crippen LogP contribution < -0.4 is 9.64 Å². The number of hydrogen-bond acceptors (Lipinski definition) is 8. The molecule has 1 atom stereocenters. The van der Waals surface area contributed by atoms with Gasteiger partial charge >= 0.3 is 11.9 Å². The first-order valence-corrected chi connectivity index (χ1v) is 13.8. The molecule has 0 aliphatic carbocycles. The van der Waals surface area contributed by atoms with Crippen LogP contribution >= 0.6 is 11.3 Å². The molecule has 1 aliphatic heterocycles. The van der Waals surface area contributed by atoms with Crippen LogP contribution in [0.15, 0.2) is 60.2 Å². The van der Waals surface area contributed by atoms with Gasteiger partial charge in [0.1, 0.15) is 16.4 Å². The lowest BCUT2D eigenvalue weighted by Crippen LogP contribution is -2.29. The van der Waals surface area contributed by atoms with Crippen molar-refractivity contribution in [3.63, 3.8) is 0 Å². The number of Topliss-reactive ketones (excluding diaryl/α,β-unsaturated/α-hetero) is 1. The fourth-order valence-corrected chi connectivity index (χ4v) is 5.15. The number of unbranched alkanes of at least 4 members (excludes halogenated alkanes) is 1. The predicted octanol–water partition coefficient (Wildman–Crippen LogP) is 6.07. The van der Waals surface area contributed by atoms with Gasteiger partial charge in [-0.25, -0.2) is 9.78 Å². The van der Waals surface area contributed by atoms with Crippen LogP contribution in [0.3, 0.4) is 0 Å². The van der Waals surface area contributed by atoms with E-state index in [1.165, 1.54) is 4.90 Å². The summed E-state index contributed by atoms with van der Waals surface area (Å²) in [6.45, 7) is 8.44. The van der Waals surface area contributed by atoms with Crippen LogP contribution in [0.4, 0.5) is 5.13 Å². The van der Waals surface area contributed by atoms with Crippen molar-refractivity contribution in [1.29, 1.82) is 0 Å². The summed E-state index contributed by atoms with van der Waals surface area (Å²) in [6.07, 6.45) is 1.94. The molecule has 1 fully saturated rings. The molecule has 0 radical (unpaired) electrons. The Hall–Kier alpha value is -3.98. The summed E-state index contributed by atoms with van der Waals surface area (Å²) in [4.78, 5) is 45.4. The monoisotopic (exact) mass is 548 g/mol. The number of aliphatic hydroxyl groups is 1. The van der Waals surface area contributed by atoms with Crippen molar-refractivity contribution < 1.29 is 29.0 Å². The number of aryl methyl sites for hydroxylation is 1. The number of amides is 1. The molecule has 9 heteroatoms. The third-order valence-electron chi connectivity index (χ3n) is 6.18.